The van der Waals surface area contributed by atoms with Gasteiger partial charge in [0.2, 0.25) is 0 Å². The summed E-state index contributed by atoms with van der Waals surface area (Å²) in [6.07, 6.45) is 7.01. The largest absolute Gasteiger partial charge is 0.302 e. The van der Waals surface area contributed by atoms with E-state index in [9.17, 15) is 0 Å². The lowest BCUT2D eigenvalue weighted by molar-refractivity contribution is 0.331. The molecule has 1 saturated carbocycles. The molecule has 0 aromatic carbocycles. The van der Waals surface area contributed by atoms with Crippen LogP contribution in [0.25, 0.3) is 5.57 Å². The first-order valence-corrected chi connectivity index (χ1v) is 10.9. The first-order chi connectivity index (χ1) is 12.7. The topological polar surface area (TPSA) is 29.0 Å². The lowest BCUT2D eigenvalue weighted by Crippen LogP contribution is -2.32. The van der Waals surface area contributed by atoms with Crippen LogP contribution in [0.3, 0.4) is 0 Å². The van der Waals surface area contributed by atoms with Crippen molar-refractivity contribution in [1.82, 2.24) is 9.97 Å². The molecule has 2 aliphatic rings. The number of anilines is 2. The molecule has 2 aliphatic carbocycles. The average molecular weight is 382 g/mol. The fourth-order valence-corrected chi connectivity index (χ4v) is 5.22. The van der Waals surface area contributed by atoms with Crippen molar-refractivity contribution in [1.29, 1.82) is 0 Å². The summed E-state index contributed by atoms with van der Waals surface area (Å²) in [5.74, 6) is 1.78. The molecule has 0 atom stereocenters. The second kappa shape index (κ2) is 6.44. The molecule has 4 rings (SSSR count). The third-order valence-electron chi connectivity index (χ3n) is 6.13. The Bertz CT molecular complexity index is 823. The summed E-state index contributed by atoms with van der Waals surface area (Å²) in [5.41, 5.74) is 3.82. The van der Waals surface area contributed by atoms with Gasteiger partial charge in [-0.05, 0) is 61.8 Å². The molecule has 2 heterocycles. The maximum Gasteiger partial charge on any atom is 0.191 e. The third-order valence-corrected chi connectivity index (χ3v) is 7.58. The van der Waals surface area contributed by atoms with Crippen molar-refractivity contribution in [3.63, 3.8) is 0 Å². The van der Waals surface area contributed by atoms with E-state index in [4.69, 9.17) is 9.97 Å². The third kappa shape index (κ3) is 3.56. The maximum absolute atomic E-state index is 5.20. The van der Waals surface area contributed by atoms with Crippen LogP contribution < -0.4 is 4.90 Å². The summed E-state index contributed by atoms with van der Waals surface area (Å²) in [6, 6.07) is 4.26. The van der Waals surface area contributed by atoms with Crippen LogP contribution >= 0.6 is 11.3 Å². The molecule has 27 heavy (non-hydrogen) atoms. The Morgan fingerprint density at radius 3 is 2.44 bits per heavy atom. The summed E-state index contributed by atoms with van der Waals surface area (Å²) in [5, 5.41) is 1.12. The highest BCUT2D eigenvalue weighted by molar-refractivity contribution is 7.16. The van der Waals surface area contributed by atoms with E-state index in [0.717, 1.165) is 34.5 Å². The molecule has 0 spiro atoms. The molecule has 2 aromatic rings. The van der Waals surface area contributed by atoms with Crippen LogP contribution in [0.15, 0.2) is 24.9 Å². The van der Waals surface area contributed by atoms with Gasteiger partial charge in [0.25, 0.3) is 0 Å². The highest BCUT2D eigenvalue weighted by atomic mass is 32.1. The zero-order valence-corrected chi connectivity index (χ0v) is 18.1. The van der Waals surface area contributed by atoms with Crippen LogP contribution in [0.1, 0.15) is 76.4 Å². The number of hydrogen-bond acceptors (Lipinski definition) is 4. The van der Waals surface area contributed by atoms with Gasteiger partial charge in [0.1, 0.15) is 5.82 Å². The summed E-state index contributed by atoms with van der Waals surface area (Å²) in [6.45, 7) is 16.5. The van der Waals surface area contributed by atoms with E-state index in [-0.39, 0.29) is 10.8 Å². The van der Waals surface area contributed by atoms with Gasteiger partial charge in [0, 0.05) is 28.4 Å². The standard InChI is InChI=1S/C23H31N3S/c1-15(2)17-9-10-18(24-13-17)26(14-16-7-8-16)21-25-19-20(27-21)23(5,6)12-11-22(19,3)4/h9-10,13,16H,1,7-8,11-12,14H2,2-6H3. The summed E-state index contributed by atoms with van der Waals surface area (Å²) in [4.78, 5) is 13.8. The molecule has 0 N–H and O–H groups in total. The second-order valence-corrected chi connectivity index (χ2v) is 10.7. The second-order valence-electron chi connectivity index (χ2n) is 9.68. The maximum atomic E-state index is 5.20. The van der Waals surface area contributed by atoms with Gasteiger partial charge in [0.05, 0.1) is 5.69 Å². The molecule has 0 aliphatic heterocycles. The molecule has 0 saturated heterocycles. The van der Waals surface area contributed by atoms with Crippen molar-refractivity contribution in [2.24, 2.45) is 5.92 Å². The predicted molar refractivity (Wildman–Crippen MR) is 116 cm³/mol. The van der Waals surface area contributed by atoms with Crippen LogP contribution in [0.2, 0.25) is 0 Å². The Kier molecular flexibility index (Phi) is 4.45. The Balaban J connectivity index is 1.75. The average Bonchev–Trinajstić information content (AvgIpc) is 3.31. The minimum atomic E-state index is 0.155. The molecule has 1 fully saturated rings. The quantitative estimate of drug-likeness (QED) is 0.594. The highest BCUT2D eigenvalue weighted by Gasteiger charge is 2.41. The van der Waals surface area contributed by atoms with Crippen molar-refractivity contribution >= 4 is 27.9 Å². The van der Waals surface area contributed by atoms with Gasteiger partial charge < -0.3 is 4.90 Å². The van der Waals surface area contributed by atoms with Gasteiger partial charge in [-0.3, -0.25) is 0 Å². The predicted octanol–water partition coefficient (Wildman–Crippen LogP) is 6.47. The normalized spacial score (nSPS) is 20.2. The number of hydrogen-bond donors (Lipinski definition) is 0. The Hall–Kier alpha value is -1.68. The number of rotatable bonds is 5. The molecule has 4 heteroatoms. The number of nitrogens with zero attached hydrogens (tertiary/aromatic N) is 3. The Morgan fingerprint density at radius 1 is 1.19 bits per heavy atom. The lowest BCUT2D eigenvalue weighted by atomic mass is 9.69. The minimum Gasteiger partial charge on any atom is -0.302 e. The minimum absolute atomic E-state index is 0.155. The summed E-state index contributed by atoms with van der Waals surface area (Å²) < 4.78 is 0. The molecule has 0 unspecified atom stereocenters. The first-order valence-electron chi connectivity index (χ1n) is 10.1. The molecular formula is C23H31N3S. The van der Waals surface area contributed by atoms with Crippen molar-refractivity contribution in [2.75, 3.05) is 11.4 Å². The van der Waals surface area contributed by atoms with E-state index in [0.29, 0.717) is 0 Å². The zero-order chi connectivity index (χ0) is 19.4. The van der Waals surface area contributed by atoms with E-state index >= 15 is 0 Å². The molecule has 0 bridgehead atoms. The van der Waals surface area contributed by atoms with Crippen LogP contribution in [-0.2, 0) is 10.8 Å². The summed E-state index contributed by atoms with van der Waals surface area (Å²) in [7, 11) is 0. The highest BCUT2D eigenvalue weighted by Crippen LogP contribution is 2.50. The molecule has 3 nitrogen and oxygen atoms in total. The zero-order valence-electron chi connectivity index (χ0n) is 17.3. The molecule has 0 amide bonds. The van der Waals surface area contributed by atoms with Crippen molar-refractivity contribution in [2.45, 2.75) is 71.1 Å². The van der Waals surface area contributed by atoms with E-state index in [1.165, 1.54) is 36.3 Å². The molecular weight excluding hydrogens is 350 g/mol. The van der Waals surface area contributed by atoms with Gasteiger partial charge in [-0.15, -0.1) is 11.3 Å². The Labute approximate surface area is 167 Å². The van der Waals surface area contributed by atoms with Crippen molar-refractivity contribution < 1.29 is 0 Å². The van der Waals surface area contributed by atoms with Crippen LogP contribution in [-0.4, -0.2) is 16.5 Å². The van der Waals surface area contributed by atoms with Gasteiger partial charge in [-0.25, -0.2) is 9.97 Å². The Morgan fingerprint density at radius 2 is 1.89 bits per heavy atom. The van der Waals surface area contributed by atoms with E-state index in [1.54, 1.807) is 0 Å². The van der Waals surface area contributed by atoms with E-state index in [1.807, 2.05) is 24.5 Å². The molecule has 0 radical (unpaired) electrons. The number of aromatic nitrogens is 2. The van der Waals surface area contributed by atoms with Crippen LogP contribution in [0.4, 0.5) is 10.9 Å². The summed E-state index contributed by atoms with van der Waals surface area (Å²) >= 11 is 1.89. The number of thiazole rings is 1. The fourth-order valence-electron chi connectivity index (χ4n) is 3.83. The first kappa shape index (κ1) is 18.7. The van der Waals surface area contributed by atoms with Crippen molar-refractivity contribution in [3.05, 3.63) is 41.0 Å². The lowest BCUT2D eigenvalue weighted by Gasteiger charge is -2.37. The van der Waals surface area contributed by atoms with E-state index < -0.39 is 0 Å². The smallest absolute Gasteiger partial charge is 0.191 e. The number of fused-ring (bicyclic) bond motifs is 1. The van der Waals surface area contributed by atoms with Gasteiger partial charge in [-0.2, -0.15) is 0 Å². The van der Waals surface area contributed by atoms with Gasteiger partial charge in [-0.1, -0.05) is 34.3 Å². The fraction of sp³-hybridized carbons (Fsp3) is 0.565. The number of allylic oxidation sites excluding steroid dienone is 1. The monoisotopic (exact) mass is 381 g/mol. The molecule has 2 aromatic heterocycles. The number of pyridine rings is 1. The van der Waals surface area contributed by atoms with Crippen molar-refractivity contribution in [3.8, 4) is 0 Å². The van der Waals surface area contributed by atoms with Crippen LogP contribution in [0.5, 0.6) is 0 Å². The van der Waals surface area contributed by atoms with E-state index in [2.05, 4.69) is 51.3 Å². The van der Waals surface area contributed by atoms with Gasteiger partial charge >= 0.3 is 0 Å². The SMILES string of the molecule is C=C(C)c1ccc(N(CC2CC2)c2nc3c(s2)C(C)(C)CCC3(C)C)nc1. The van der Waals surface area contributed by atoms with Gasteiger partial charge in [0.15, 0.2) is 5.13 Å². The van der Waals surface area contributed by atoms with Crippen LogP contribution in [0, 0.1) is 5.92 Å². The molecule has 144 valence electrons.